The van der Waals surface area contributed by atoms with Crippen LogP contribution in [0.3, 0.4) is 0 Å². The number of aliphatic hydroxyl groups excluding tert-OH is 1. The highest BCUT2D eigenvalue weighted by molar-refractivity contribution is 5.35. The van der Waals surface area contributed by atoms with E-state index in [0.717, 1.165) is 6.07 Å². The van der Waals surface area contributed by atoms with Crippen LogP contribution in [0.4, 0.5) is 4.39 Å². The quantitative estimate of drug-likeness (QED) is 0.782. The molecule has 2 unspecified atom stereocenters. The Bertz CT molecular complexity index is 461. The van der Waals surface area contributed by atoms with Gasteiger partial charge >= 0.3 is 0 Å². The molecule has 0 heterocycles. The normalized spacial score (nSPS) is 13.6. The number of ether oxygens (including phenoxy) is 3. The summed E-state index contributed by atoms with van der Waals surface area (Å²) >= 11 is 0. The molecule has 0 radical (unpaired) electrons. The first-order chi connectivity index (χ1) is 9.56. The fourth-order valence-corrected chi connectivity index (χ4v) is 1.48. The maximum Gasteiger partial charge on any atom is 0.166 e. The minimum absolute atomic E-state index is 0.00649. The molecule has 0 saturated carbocycles. The third-order valence-corrected chi connectivity index (χ3v) is 2.47. The first-order valence-electron chi connectivity index (χ1n) is 6.18. The van der Waals surface area contributed by atoms with E-state index in [1.807, 2.05) is 13.0 Å². The van der Waals surface area contributed by atoms with Crippen LogP contribution >= 0.6 is 0 Å². The van der Waals surface area contributed by atoms with Gasteiger partial charge in [0.15, 0.2) is 11.6 Å². The molecule has 0 aliphatic carbocycles. The number of methoxy groups -OCH3 is 1. The number of rotatable bonds is 8. The Morgan fingerprint density at radius 1 is 1.35 bits per heavy atom. The van der Waals surface area contributed by atoms with Crippen LogP contribution in [0.5, 0.6) is 5.75 Å². The molecular weight excluding hydrogens is 265 g/mol. The van der Waals surface area contributed by atoms with Crippen LogP contribution in [0, 0.1) is 17.1 Å². The summed E-state index contributed by atoms with van der Waals surface area (Å²) in [6.07, 6.45) is -1.01. The fraction of sp³-hybridized carbons (Fsp3) is 0.500. The van der Waals surface area contributed by atoms with Crippen molar-refractivity contribution in [3.63, 3.8) is 0 Å². The van der Waals surface area contributed by atoms with Crippen LogP contribution in [-0.4, -0.2) is 44.2 Å². The molecule has 1 aromatic rings. The number of benzene rings is 1. The van der Waals surface area contributed by atoms with Gasteiger partial charge in [0, 0.05) is 7.11 Å². The maximum atomic E-state index is 13.5. The smallest absolute Gasteiger partial charge is 0.166 e. The molecule has 0 fully saturated rings. The lowest BCUT2D eigenvalue weighted by Gasteiger charge is -2.16. The molecule has 1 aromatic carbocycles. The third-order valence-electron chi connectivity index (χ3n) is 2.47. The number of nitrogens with zero attached hydrogens (tertiary/aromatic N) is 1. The topological polar surface area (TPSA) is 71.7 Å². The summed E-state index contributed by atoms with van der Waals surface area (Å²) in [5.41, 5.74) is 0.215. The van der Waals surface area contributed by atoms with Gasteiger partial charge in [-0.05, 0) is 25.1 Å². The van der Waals surface area contributed by atoms with Gasteiger partial charge in [-0.2, -0.15) is 5.26 Å². The Balaban J connectivity index is 2.37. The Morgan fingerprint density at radius 3 is 2.70 bits per heavy atom. The predicted molar refractivity (Wildman–Crippen MR) is 69.9 cm³/mol. The Labute approximate surface area is 117 Å². The highest BCUT2D eigenvalue weighted by Gasteiger charge is 2.11. The lowest BCUT2D eigenvalue weighted by molar-refractivity contribution is -0.0425. The van der Waals surface area contributed by atoms with Gasteiger partial charge in [0.25, 0.3) is 0 Å². The van der Waals surface area contributed by atoms with Crippen molar-refractivity contribution in [3.05, 3.63) is 29.6 Å². The molecule has 0 spiro atoms. The van der Waals surface area contributed by atoms with Gasteiger partial charge in [0.1, 0.15) is 12.7 Å². The van der Waals surface area contributed by atoms with E-state index in [2.05, 4.69) is 0 Å². The highest BCUT2D eigenvalue weighted by Crippen LogP contribution is 2.18. The molecule has 0 aliphatic heterocycles. The monoisotopic (exact) mass is 283 g/mol. The van der Waals surface area contributed by atoms with Crippen LogP contribution in [0.1, 0.15) is 12.5 Å². The highest BCUT2D eigenvalue weighted by atomic mass is 19.1. The van der Waals surface area contributed by atoms with Crippen molar-refractivity contribution in [1.82, 2.24) is 0 Å². The zero-order valence-corrected chi connectivity index (χ0v) is 11.5. The average molecular weight is 283 g/mol. The third kappa shape index (κ3) is 5.53. The predicted octanol–water partition coefficient (Wildman–Crippen LogP) is 1.49. The minimum atomic E-state index is -0.871. The molecule has 5 nitrogen and oxygen atoms in total. The Hall–Kier alpha value is -1.68. The van der Waals surface area contributed by atoms with Crippen LogP contribution in [0.15, 0.2) is 18.2 Å². The first-order valence-corrected chi connectivity index (χ1v) is 6.18. The molecule has 20 heavy (non-hydrogen) atoms. The second-order valence-electron chi connectivity index (χ2n) is 4.32. The van der Waals surface area contributed by atoms with Crippen molar-refractivity contribution in [2.45, 2.75) is 19.1 Å². The van der Waals surface area contributed by atoms with Crippen molar-refractivity contribution in [1.29, 1.82) is 5.26 Å². The lowest BCUT2D eigenvalue weighted by atomic mass is 10.2. The summed E-state index contributed by atoms with van der Waals surface area (Å²) < 4.78 is 28.8. The Kier molecular flexibility index (Phi) is 6.94. The van der Waals surface area contributed by atoms with Gasteiger partial charge in [-0.1, -0.05) is 0 Å². The van der Waals surface area contributed by atoms with E-state index in [1.54, 1.807) is 7.11 Å². The van der Waals surface area contributed by atoms with Crippen molar-refractivity contribution in [2.24, 2.45) is 0 Å². The van der Waals surface area contributed by atoms with Crippen molar-refractivity contribution in [3.8, 4) is 11.8 Å². The summed E-state index contributed by atoms with van der Waals surface area (Å²) in [6, 6.07) is 5.71. The van der Waals surface area contributed by atoms with Crippen LogP contribution in [-0.2, 0) is 9.47 Å². The number of hydrogen-bond acceptors (Lipinski definition) is 5. The van der Waals surface area contributed by atoms with Gasteiger partial charge in [0.05, 0.1) is 31.0 Å². The summed E-state index contributed by atoms with van der Waals surface area (Å²) in [5.74, 6) is -0.641. The van der Waals surface area contributed by atoms with E-state index in [-0.39, 0.29) is 30.6 Å². The van der Waals surface area contributed by atoms with E-state index < -0.39 is 11.9 Å². The molecule has 1 rings (SSSR count). The Morgan fingerprint density at radius 2 is 2.10 bits per heavy atom. The summed E-state index contributed by atoms with van der Waals surface area (Å²) in [6.45, 7) is 2.22. The van der Waals surface area contributed by atoms with Crippen molar-refractivity contribution >= 4 is 0 Å². The number of aliphatic hydroxyl groups is 1. The number of halogens is 1. The first kappa shape index (κ1) is 16.4. The zero-order valence-electron chi connectivity index (χ0n) is 11.5. The summed E-state index contributed by atoms with van der Waals surface area (Å²) in [7, 11) is 1.56. The SMILES string of the molecule is COCC(C)OCC(O)COc1ccc(C#N)cc1F. The number of nitriles is 1. The molecule has 110 valence electrons. The molecule has 1 N–H and O–H groups in total. The van der Waals surface area contributed by atoms with E-state index >= 15 is 0 Å². The largest absolute Gasteiger partial charge is 0.488 e. The summed E-state index contributed by atoms with van der Waals surface area (Å²) in [4.78, 5) is 0. The van der Waals surface area contributed by atoms with Gasteiger partial charge in [-0.25, -0.2) is 4.39 Å². The molecule has 0 saturated heterocycles. The van der Waals surface area contributed by atoms with Crippen LogP contribution in [0.2, 0.25) is 0 Å². The second-order valence-corrected chi connectivity index (χ2v) is 4.32. The molecular formula is C14H18FNO4. The maximum absolute atomic E-state index is 13.5. The van der Waals surface area contributed by atoms with E-state index in [9.17, 15) is 9.50 Å². The van der Waals surface area contributed by atoms with E-state index in [4.69, 9.17) is 19.5 Å². The molecule has 0 aliphatic rings. The minimum Gasteiger partial charge on any atom is -0.488 e. The summed E-state index contributed by atoms with van der Waals surface area (Å²) in [5, 5.41) is 18.3. The van der Waals surface area contributed by atoms with Gasteiger partial charge in [0.2, 0.25) is 0 Å². The van der Waals surface area contributed by atoms with E-state index in [1.165, 1.54) is 12.1 Å². The van der Waals surface area contributed by atoms with Gasteiger partial charge < -0.3 is 19.3 Å². The standard InChI is InChI=1S/C14H18FNO4/c1-10(7-18-2)19-8-12(17)9-20-14-4-3-11(6-16)5-13(14)15/h3-5,10,12,17H,7-9H2,1-2H3. The average Bonchev–Trinajstić information content (AvgIpc) is 2.44. The van der Waals surface area contributed by atoms with Crippen LogP contribution < -0.4 is 4.74 Å². The molecule has 2 atom stereocenters. The lowest BCUT2D eigenvalue weighted by Crippen LogP contribution is -2.27. The van der Waals surface area contributed by atoms with Crippen molar-refractivity contribution < 1.29 is 23.7 Å². The fourth-order valence-electron chi connectivity index (χ4n) is 1.48. The molecule has 0 bridgehead atoms. The van der Waals surface area contributed by atoms with Crippen LogP contribution in [0.25, 0.3) is 0 Å². The molecule has 6 heteroatoms. The van der Waals surface area contributed by atoms with Gasteiger partial charge in [-0.3, -0.25) is 0 Å². The van der Waals surface area contributed by atoms with Crippen molar-refractivity contribution in [2.75, 3.05) is 26.9 Å². The zero-order chi connectivity index (χ0) is 15.0. The molecule has 0 amide bonds. The second kappa shape index (κ2) is 8.48. The molecule has 0 aromatic heterocycles. The van der Waals surface area contributed by atoms with Gasteiger partial charge in [-0.15, -0.1) is 0 Å². The van der Waals surface area contributed by atoms with E-state index in [0.29, 0.717) is 6.61 Å². The number of hydrogen-bond donors (Lipinski definition) is 1.